The van der Waals surface area contributed by atoms with Crippen LogP contribution in [-0.2, 0) is 16.1 Å². The number of esters is 1. The van der Waals surface area contributed by atoms with Crippen molar-refractivity contribution >= 4 is 5.97 Å². The number of rotatable bonds is 5. The van der Waals surface area contributed by atoms with Crippen molar-refractivity contribution in [3.8, 4) is 0 Å². The summed E-state index contributed by atoms with van der Waals surface area (Å²) < 4.78 is 6.58. The number of nitrogens with zero attached hydrogens (tertiary/aromatic N) is 2. The maximum absolute atomic E-state index is 11.2. The number of aryl methyl sites for hydroxylation is 1. The van der Waals surface area contributed by atoms with Crippen molar-refractivity contribution < 1.29 is 9.53 Å². The van der Waals surface area contributed by atoms with Crippen molar-refractivity contribution in [1.29, 1.82) is 0 Å². The molecule has 0 saturated heterocycles. The predicted molar refractivity (Wildman–Crippen MR) is 52.8 cm³/mol. The van der Waals surface area contributed by atoms with Crippen LogP contribution in [0, 0.1) is 6.92 Å². The minimum atomic E-state index is -0.221. The fourth-order valence-electron chi connectivity index (χ4n) is 1.06. The third-order valence-electron chi connectivity index (χ3n) is 1.81. The lowest BCUT2D eigenvalue weighted by atomic mass is 10.4. The Bertz CT molecular complexity index is 294. The van der Waals surface area contributed by atoms with Gasteiger partial charge in [-0.15, -0.1) is 0 Å². The molecule has 0 bridgehead atoms. The molecule has 0 aliphatic heterocycles. The van der Waals surface area contributed by atoms with Crippen molar-refractivity contribution in [3.63, 3.8) is 0 Å². The molecule has 0 unspecified atom stereocenters. The van der Waals surface area contributed by atoms with E-state index >= 15 is 0 Å². The Labute approximate surface area is 83.9 Å². The number of carbonyl (C=O) groups is 1. The third-order valence-corrected chi connectivity index (χ3v) is 1.81. The standard InChI is InChI=1S/C10H16N2O2/c1-3-4-5-14-10(13)8-12-7-9(2)6-11-12/h6-7H,3-5,8H2,1-2H3. The molecule has 0 atom stereocenters. The van der Waals surface area contributed by atoms with E-state index in [1.807, 2.05) is 13.1 Å². The van der Waals surface area contributed by atoms with Crippen LogP contribution < -0.4 is 0 Å². The van der Waals surface area contributed by atoms with Gasteiger partial charge < -0.3 is 4.74 Å². The van der Waals surface area contributed by atoms with Gasteiger partial charge in [-0.2, -0.15) is 5.10 Å². The van der Waals surface area contributed by atoms with Crippen LogP contribution in [0.4, 0.5) is 0 Å². The first-order valence-corrected chi connectivity index (χ1v) is 4.87. The van der Waals surface area contributed by atoms with Crippen molar-refractivity contribution in [2.75, 3.05) is 6.61 Å². The molecule has 14 heavy (non-hydrogen) atoms. The molecule has 1 aromatic rings. The molecule has 0 aliphatic carbocycles. The summed E-state index contributed by atoms with van der Waals surface area (Å²) in [5.74, 6) is -0.221. The van der Waals surface area contributed by atoms with E-state index in [4.69, 9.17) is 4.74 Å². The van der Waals surface area contributed by atoms with Crippen LogP contribution in [0.3, 0.4) is 0 Å². The smallest absolute Gasteiger partial charge is 0.327 e. The normalized spacial score (nSPS) is 10.1. The van der Waals surface area contributed by atoms with Crippen LogP contribution in [0.25, 0.3) is 0 Å². The van der Waals surface area contributed by atoms with E-state index in [-0.39, 0.29) is 12.5 Å². The van der Waals surface area contributed by atoms with Gasteiger partial charge in [0.25, 0.3) is 0 Å². The number of hydrogen-bond acceptors (Lipinski definition) is 3. The van der Waals surface area contributed by atoms with Gasteiger partial charge >= 0.3 is 5.97 Å². The Balaban J connectivity index is 2.27. The molecule has 0 saturated carbocycles. The Kier molecular flexibility index (Phi) is 4.16. The highest BCUT2D eigenvalue weighted by Crippen LogP contribution is 1.95. The summed E-state index contributed by atoms with van der Waals surface area (Å²) in [4.78, 5) is 11.2. The molecule has 1 heterocycles. The fraction of sp³-hybridized carbons (Fsp3) is 0.600. The molecule has 0 spiro atoms. The summed E-state index contributed by atoms with van der Waals surface area (Å²) in [6, 6.07) is 0. The number of ether oxygens (including phenoxy) is 1. The van der Waals surface area contributed by atoms with Crippen molar-refractivity contribution in [2.45, 2.75) is 33.2 Å². The maximum Gasteiger partial charge on any atom is 0.327 e. The molecule has 0 radical (unpaired) electrons. The Hall–Kier alpha value is -1.32. The van der Waals surface area contributed by atoms with Crippen molar-refractivity contribution in [2.24, 2.45) is 0 Å². The summed E-state index contributed by atoms with van der Waals surface area (Å²) in [6.07, 6.45) is 5.50. The maximum atomic E-state index is 11.2. The monoisotopic (exact) mass is 196 g/mol. The van der Waals surface area contributed by atoms with E-state index in [0.29, 0.717) is 6.61 Å². The highest BCUT2D eigenvalue weighted by molar-refractivity contribution is 5.68. The molecule has 1 aromatic heterocycles. The molecule has 78 valence electrons. The van der Waals surface area contributed by atoms with Crippen LogP contribution >= 0.6 is 0 Å². The summed E-state index contributed by atoms with van der Waals surface area (Å²) in [5, 5.41) is 4.00. The van der Waals surface area contributed by atoms with Crippen LogP contribution in [-0.4, -0.2) is 22.4 Å². The average Bonchev–Trinajstić information content (AvgIpc) is 2.52. The van der Waals surface area contributed by atoms with Gasteiger partial charge in [-0.3, -0.25) is 9.48 Å². The van der Waals surface area contributed by atoms with Gasteiger partial charge in [0, 0.05) is 6.20 Å². The van der Waals surface area contributed by atoms with Crippen LogP contribution in [0.15, 0.2) is 12.4 Å². The van der Waals surface area contributed by atoms with E-state index in [0.717, 1.165) is 18.4 Å². The van der Waals surface area contributed by atoms with Crippen LogP contribution in [0.1, 0.15) is 25.3 Å². The number of hydrogen-bond donors (Lipinski definition) is 0. The van der Waals surface area contributed by atoms with E-state index in [2.05, 4.69) is 12.0 Å². The number of unbranched alkanes of at least 4 members (excludes halogenated alkanes) is 1. The minimum absolute atomic E-state index is 0.206. The fourth-order valence-corrected chi connectivity index (χ4v) is 1.06. The van der Waals surface area contributed by atoms with Gasteiger partial charge in [-0.05, 0) is 18.9 Å². The molecule has 0 amide bonds. The SMILES string of the molecule is CCCCOC(=O)Cn1cc(C)cn1. The molecule has 0 fully saturated rings. The van der Waals surface area contributed by atoms with E-state index in [1.165, 1.54) is 0 Å². The Morgan fingerprint density at radius 3 is 3.00 bits per heavy atom. The topological polar surface area (TPSA) is 44.1 Å². The summed E-state index contributed by atoms with van der Waals surface area (Å²) >= 11 is 0. The first-order valence-electron chi connectivity index (χ1n) is 4.87. The van der Waals surface area contributed by atoms with Gasteiger partial charge in [0.1, 0.15) is 6.54 Å². The largest absolute Gasteiger partial charge is 0.464 e. The second-order valence-corrected chi connectivity index (χ2v) is 3.29. The second-order valence-electron chi connectivity index (χ2n) is 3.29. The molecule has 0 aromatic carbocycles. The molecule has 4 nitrogen and oxygen atoms in total. The van der Waals surface area contributed by atoms with Crippen molar-refractivity contribution in [1.82, 2.24) is 9.78 Å². The van der Waals surface area contributed by atoms with Gasteiger partial charge in [0.2, 0.25) is 0 Å². The Morgan fingerprint density at radius 2 is 2.43 bits per heavy atom. The highest BCUT2D eigenvalue weighted by Gasteiger charge is 2.03. The molecule has 1 rings (SSSR count). The quantitative estimate of drug-likeness (QED) is 0.530. The molecular formula is C10H16N2O2. The second kappa shape index (κ2) is 5.42. The zero-order valence-corrected chi connectivity index (χ0v) is 8.69. The lowest BCUT2D eigenvalue weighted by molar-refractivity contribution is -0.144. The van der Waals surface area contributed by atoms with Crippen LogP contribution in [0.5, 0.6) is 0 Å². The lowest BCUT2D eigenvalue weighted by Gasteiger charge is -2.03. The first kappa shape index (κ1) is 10.8. The molecule has 0 N–H and O–H groups in total. The van der Waals surface area contributed by atoms with Gasteiger partial charge in [-0.25, -0.2) is 0 Å². The van der Waals surface area contributed by atoms with Crippen molar-refractivity contribution in [3.05, 3.63) is 18.0 Å². The van der Waals surface area contributed by atoms with Crippen LogP contribution in [0.2, 0.25) is 0 Å². The van der Waals surface area contributed by atoms with E-state index in [1.54, 1.807) is 10.9 Å². The number of carbonyl (C=O) groups excluding carboxylic acids is 1. The highest BCUT2D eigenvalue weighted by atomic mass is 16.5. The van der Waals surface area contributed by atoms with Gasteiger partial charge in [0.15, 0.2) is 0 Å². The third kappa shape index (κ3) is 3.60. The zero-order chi connectivity index (χ0) is 10.4. The molecular weight excluding hydrogens is 180 g/mol. The zero-order valence-electron chi connectivity index (χ0n) is 8.69. The van der Waals surface area contributed by atoms with Gasteiger partial charge in [-0.1, -0.05) is 13.3 Å². The van der Waals surface area contributed by atoms with E-state index in [9.17, 15) is 4.79 Å². The molecule has 4 heteroatoms. The van der Waals surface area contributed by atoms with Gasteiger partial charge in [0.05, 0.1) is 12.8 Å². The molecule has 0 aliphatic rings. The average molecular weight is 196 g/mol. The number of aromatic nitrogens is 2. The summed E-state index contributed by atoms with van der Waals surface area (Å²) in [6.45, 7) is 4.71. The summed E-state index contributed by atoms with van der Waals surface area (Å²) in [5.41, 5.74) is 1.05. The van der Waals surface area contributed by atoms with E-state index < -0.39 is 0 Å². The predicted octanol–water partition coefficient (Wildman–Crippen LogP) is 1.53. The lowest BCUT2D eigenvalue weighted by Crippen LogP contribution is -2.14. The Morgan fingerprint density at radius 1 is 1.64 bits per heavy atom. The summed E-state index contributed by atoms with van der Waals surface area (Å²) in [7, 11) is 0. The first-order chi connectivity index (χ1) is 6.72. The minimum Gasteiger partial charge on any atom is -0.464 e.